The summed E-state index contributed by atoms with van der Waals surface area (Å²) in [6.07, 6.45) is 5.83. The maximum atomic E-state index is 11.6. The third-order valence-electron chi connectivity index (χ3n) is 3.75. The number of aryl methyl sites for hydroxylation is 1. The number of hydrogen-bond acceptors (Lipinski definition) is 3. The Morgan fingerprint density at radius 2 is 2.11 bits per heavy atom. The number of hydrogen-bond donors (Lipinski definition) is 1. The van der Waals surface area contributed by atoms with Crippen LogP contribution in [0.4, 0.5) is 5.82 Å². The van der Waals surface area contributed by atoms with Gasteiger partial charge < -0.3 is 9.88 Å². The van der Waals surface area contributed by atoms with E-state index in [-0.39, 0.29) is 5.56 Å². The summed E-state index contributed by atoms with van der Waals surface area (Å²) in [7, 11) is 0. The van der Waals surface area contributed by atoms with Crippen molar-refractivity contribution in [3.05, 3.63) is 22.2 Å². The molecule has 4 nitrogen and oxygen atoms in total. The molecular weight excluding hydrogens is 226 g/mol. The molecule has 1 aromatic rings. The minimum atomic E-state index is -0.0347. The molecule has 0 aromatic carbocycles. The number of aromatic amines is 1. The number of H-pyrrole nitrogens is 1. The lowest BCUT2D eigenvalue weighted by molar-refractivity contribution is 0.377. The number of nitrogens with one attached hydrogen (secondary N) is 1. The topological polar surface area (TPSA) is 49.0 Å². The Morgan fingerprint density at radius 1 is 1.39 bits per heavy atom. The highest BCUT2D eigenvalue weighted by molar-refractivity contribution is 5.37. The van der Waals surface area contributed by atoms with Crippen molar-refractivity contribution in [2.45, 2.75) is 46.0 Å². The van der Waals surface area contributed by atoms with Crippen LogP contribution in [0.5, 0.6) is 0 Å². The third kappa shape index (κ3) is 3.12. The summed E-state index contributed by atoms with van der Waals surface area (Å²) in [5.74, 6) is 2.50. The first kappa shape index (κ1) is 13.1. The monoisotopic (exact) mass is 249 g/mol. The zero-order valence-electron chi connectivity index (χ0n) is 11.4. The van der Waals surface area contributed by atoms with Gasteiger partial charge in [-0.05, 0) is 18.8 Å². The zero-order valence-corrected chi connectivity index (χ0v) is 11.4. The van der Waals surface area contributed by atoms with Crippen molar-refractivity contribution in [2.75, 3.05) is 18.0 Å². The Bertz CT molecular complexity index is 433. The minimum Gasteiger partial charge on any atom is -0.356 e. The Kier molecular flexibility index (Phi) is 4.39. The van der Waals surface area contributed by atoms with Crippen molar-refractivity contribution in [1.82, 2.24) is 9.97 Å². The predicted octanol–water partition coefficient (Wildman–Crippen LogP) is 2.35. The first-order valence-corrected chi connectivity index (χ1v) is 7.08. The van der Waals surface area contributed by atoms with E-state index in [4.69, 9.17) is 0 Å². The van der Waals surface area contributed by atoms with Gasteiger partial charge >= 0.3 is 0 Å². The van der Waals surface area contributed by atoms with Crippen LogP contribution in [0.1, 0.15) is 45.4 Å². The van der Waals surface area contributed by atoms with Crippen molar-refractivity contribution < 1.29 is 0 Å². The first-order valence-electron chi connectivity index (χ1n) is 7.08. The highest BCUT2D eigenvalue weighted by Crippen LogP contribution is 2.24. The average Bonchev–Trinajstić information content (AvgIpc) is 2.39. The van der Waals surface area contributed by atoms with Crippen LogP contribution in [0.25, 0.3) is 0 Å². The van der Waals surface area contributed by atoms with Gasteiger partial charge in [0, 0.05) is 25.6 Å². The fourth-order valence-corrected chi connectivity index (χ4v) is 2.68. The molecule has 1 aromatic heterocycles. The van der Waals surface area contributed by atoms with Crippen LogP contribution < -0.4 is 10.5 Å². The van der Waals surface area contributed by atoms with Gasteiger partial charge in [0.15, 0.2) is 0 Å². The minimum absolute atomic E-state index is 0.0347. The number of nitrogens with zero attached hydrogens (tertiary/aromatic N) is 2. The lowest BCUT2D eigenvalue weighted by atomic mass is 9.92. The van der Waals surface area contributed by atoms with E-state index in [9.17, 15) is 4.79 Å². The molecule has 1 aliphatic heterocycles. The van der Waals surface area contributed by atoms with Gasteiger partial charge in [-0.2, -0.15) is 0 Å². The Morgan fingerprint density at radius 3 is 2.72 bits per heavy atom. The first-order chi connectivity index (χ1) is 8.72. The molecule has 0 saturated carbocycles. The standard InChI is InChI=1S/C14H23N3O/c1-3-5-11-6-8-17(9-7-11)13-10-14(18)16-12(4-2)15-13/h10-11H,3-9H2,1-2H3,(H,15,16,18). The van der Waals surface area contributed by atoms with Gasteiger partial charge in [0.1, 0.15) is 11.6 Å². The second kappa shape index (κ2) is 6.03. The number of rotatable bonds is 4. The second-order valence-corrected chi connectivity index (χ2v) is 5.12. The van der Waals surface area contributed by atoms with E-state index in [0.29, 0.717) is 0 Å². The van der Waals surface area contributed by atoms with Crippen LogP contribution in [0.2, 0.25) is 0 Å². The predicted molar refractivity (Wildman–Crippen MR) is 74.1 cm³/mol. The lowest BCUT2D eigenvalue weighted by Crippen LogP contribution is -2.35. The fourth-order valence-electron chi connectivity index (χ4n) is 2.68. The molecule has 0 radical (unpaired) electrons. The number of piperidine rings is 1. The molecule has 1 fully saturated rings. The molecule has 4 heteroatoms. The molecule has 0 unspecified atom stereocenters. The lowest BCUT2D eigenvalue weighted by Gasteiger charge is -2.32. The molecule has 0 aliphatic carbocycles. The fraction of sp³-hybridized carbons (Fsp3) is 0.714. The molecule has 0 atom stereocenters. The summed E-state index contributed by atoms with van der Waals surface area (Å²) in [6, 6.07) is 1.62. The Hall–Kier alpha value is -1.32. The quantitative estimate of drug-likeness (QED) is 0.891. The largest absolute Gasteiger partial charge is 0.356 e. The molecule has 2 rings (SSSR count). The van der Waals surface area contributed by atoms with E-state index in [2.05, 4.69) is 21.8 Å². The van der Waals surface area contributed by atoms with Crippen molar-refractivity contribution in [2.24, 2.45) is 5.92 Å². The van der Waals surface area contributed by atoms with Gasteiger partial charge in [-0.3, -0.25) is 4.79 Å². The van der Waals surface area contributed by atoms with E-state index in [0.717, 1.165) is 37.1 Å². The SMILES string of the molecule is CCCC1CCN(c2cc(=O)[nH]c(CC)n2)CC1. The van der Waals surface area contributed by atoms with Gasteiger partial charge in [0.2, 0.25) is 0 Å². The van der Waals surface area contributed by atoms with Gasteiger partial charge in [0.25, 0.3) is 5.56 Å². The molecule has 1 saturated heterocycles. The van der Waals surface area contributed by atoms with Gasteiger partial charge in [-0.15, -0.1) is 0 Å². The molecule has 0 amide bonds. The molecule has 18 heavy (non-hydrogen) atoms. The van der Waals surface area contributed by atoms with Crippen LogP contribution in [0.15, 0.2) is 10.9 Å². The van der Waals surface area contributed by atoms with Crippen molar-refractivity contribution >= 4 is 5.82 Å². The van der Waals surface area contributed by atoms with E-state index in [1.165, 1.54) is 25.7 Å². The van der Waals surface area contributed by atoms with E-state index >= 15 is 0 Å². The molecular formula is C14H23N3O. The summed E-state index contributed by atoms with van der Waals surface area (Å²) in [5.41, 5.74) is -0.0347. The number of aromatic nitrogens is 2. The van der Waals surface area contributed by atoms with Crippen LogP contribution in [0.3, 0.4) is 0 Å². The van der Waals surface area contributed by atoms with Crippen LogP contribution in [-0.4, -0.2) is 23.1 Å². The molecule has 1 aliphatic rings. The average molecular weight is 249 g/mol. The molecule has 1 N–H and O–H groups in total. The summed E-state index contributed by atoms with van der Waals surface area (Å²) < 4.78 is 0. The molecule has 100 valence electrons. The zero-order chi connectivity index (χ0) is 13.0. The van der Waals surface area contributed by atoms with Gasteiger partial charge in [-0.25, -0.2) is 4.98 Å². The summed E-state index contributed by atoms with van der Waals surface area (Å²) in [5, 5.41) is 0. The van der Waals surface area contributed by atoms with E-state index in [1.54, 1.807) is 6.07 Å². The van der Waals surface area contributed by atoms with Crippen LogP contribution in [0, 0.1) is 5.92 Å². The van der Waals surface area contributed by atoms with Gasteiger partial charge in [-0.1, -0.05) is 26.7 Å². The Labute approximate surface area is 108 Å². The summed E-state index contributed by atoms with van der Waals surface area (Å²) in [4.78, 5) is 21.1. The smallest absolute Gasteiger partial charge is 0.252 e. The van der Waals surface area contributed by atoms with E-state index < -0.39 is 0 Å². The van der Waals surface area contributed by atoms with Gasteiger partial charge in [0.05, 0.1) is 0 Å². The highest BCUT2D eigenvalue weighted by Gasteiger charge is 2.19. The maximum absolute atomic E-state index is 11.6. The summed E-state index contributed by atoms with van der Waals surface area (Å²) >= 11 is 0. The Balaban J connectivity index is 2.05. The second-order valence-electron chi connectivity index (χ2n) is 5.12. The normalized spacial score (nSPS) is 17.1. The van der Waals surface area contributed by atoms with Crippen molar-refractivity contribution in [3.8, 4) is 0 Å². The van der Waals surface area contributed by atoms with Crippen molar-refractivity contribution in [3.63, 3.8) is 0 Å². The summed E-state index contributed by atoms with van der Waals surface area (Å²) in [6.45, 7) is 6.32. The molecule has 0 spiro atoms. The van der Waals surface area contributed by atoms with Crippen LogP contribution >= 0.6 is 0 Å². The molecule has 0 bridgehead atoms. The molecule has 2 heterocycles. The van der Waals surface area contributed by atoms with E-state index in [1.807, 2.05) is 6.92 Å². The highest BCUT2D eigenvalue weighted by atomic mass is 16.1. The third-order valence-corrected chi connectivity index (χ3v) is 3.75. The maximum Gasteiger partial charge on any atom is 0.252 e. The van der Waals surface area contributed by atoms with Crippen molar-refractivity contribution in [1.29, 1.82) is 0 Å². The van der Waals surface area contributed by atoms with Crippen LogP contribution in [-0.2, 0) is 6.42 Å². The number of anilines is 1.